The zero-order valence-corrected chi connectivity index (χ0v) is 35.8. The Labute approximate surface area is 376 Å². The molecule has 2 aromatic heterocycles. The van der Waals surface area contributed by atoms with Crippen LogP contribution in [0.3, 0.4) is 0 Å². The normalized spacial score (nSPS) is 12.3. The van der Waals surface area contributed by atoms with Crippen molar-refractivity contribution in [3.05, 3.63) is 206 Å². The highest BCUT2D eigenvalue weighted by atomic mass is 32.1. The summed E-state index contributed by atoms with van der Waals surface area (Å²) in [5, 5.41) is 7.30. The maximum Gasteiger partial charge on any atom is 0.137 e. The molecule has 0 fully saturated rings. The van der Waals surface area contributed by atoms with E-state index in [2.05, 4.69) is 216 Å². The van der Waals surface area contributed by atoms with E-state index in [1.807, 2.05) is 22.7 Å². The van der Waals surface area contributed by atoms with E-state index < -0.39 is 0 Å². The van der Waals surface area contributed by atoms with Gasteiger partial charge in [-0.1, -0.05) is 84.9 Å². The number of rotatable bonds is 6. The predicted molar refractivity (Wildman–Crippen MR) is 270 cm³/mol. The van der Waals surface area contributed by atoms with Gasteiger partial charge in [0, 0.05) is 109 Å². The van der Waals surface area contributed by atoms with Crippen molar-refractivity contribution in [3.8, 4) is 45.3 Å². The molecular formula is C58H34N2O2S2. The fraction of sp³-hybridized carbons (Fsp3) is 0. The van der Waals surface area contributed by atoms with Crippen LogP contribution in [0.4, 0.5) is 34.1 Å². The highest BCUT2D eigenvalue weighted by Gasteiger charge is 2.29. The largest absolute Gasteiger partial charge is 0.456 e. The van der Waals surface area contributed by atoms with Gasteiger partial charge in [-0.15, -0.1) is 22.7 Å². The Bertz CT molecular complexity index is 3620. The number of ether oxygens (including phenoxy) is 2. The van der Waals surface area contributed by atoms with Crippen LogP contribution in [0.1, 0.15) is 0 Å². The van der Waals surface area contributed by atoms with Crippen molar-refractivity contribution in [3.63, 3.8) is 0 Å². The van der Waals surface area contributed by atoms with Gasteiger partial charge in [-0.25, -0.2) is 0 Å². The van der Waals surface area contributed by atoms with Crippen molar-refractivity contribution in [2.24, 2.45) is 0 Å². The minimum atomic E-state index is 0.827. The van der Waals surface area contributed by atoms with Gasteiger partial charge in [0.05, 0.1) is 0 Å². The molecule has 0 aliphatic carbocycles. The van der Waals surface area contributed by atoms with Crippen LogP contribution in [0.15, 0.2) is 206 Å². The van der Waals surface area contributed by atoms with E-state index in [1.54, 1.807) is 0 Å². The third kappa shape index (κ3) is 5.40. The Morgan fingerprint density at radius 3 is 1.11 bits per heavy atom. The predicted octanol–water partition coefficient (Wildman–Crippen LogP) is 18.1. The lowest BCUT2D eigenvalue weighted by molar-refractivity contribution is 0.480. The third-order valence-corrected chi connectivity index (χ3v) is 15.1. The average molecular weight is 855 g/mol. The summed E-state index contributed by atoms with van der Waals surface area (Å²) in [4.78, 5) is 4.65. The van der Waals surface area contributed by atoms with Crippen LogP contribution in [0.25, 0.3) is 73.4 Å². The number of benzene rings is 10. The second-order valence-corrected chi connectivity index (χ2v) is 18.6. The first-order valence-electron chi connectivity index (χ1n) is 21.5. The van der Waals surface area contributed by atoms with Crippen LogP contribution in [-0.4, -0.2) is 0 Å². The van der Waals surface area contributed by atoms with Gasteiger partial charge in [-0.3, -0.25) is 0 Å². The van der Waals surface area contributed by atoms with Crippen LogP contribution >= 0.6 is 22.7 Å². The van der Waals surface area contributed by atoms with Crippen molar-refractivity contribution in [1.29, 1.82) is 0 Å². The standard InChI is InChI=1S/C58H34N2O2S2/c1-3-11-35(12-4-1)59(39-21-25-45-43-15-7-9-17-53(43)63-55(45)33-39)37-19-23-41-47-27-30-50-58-48(28-29-49(57(47)58)61-51(41)31-37)42-24-20-38(32-52(42)62-50)60(36-13-5-2-6-14-36)40-22-26-46-44-16-8-10-18-54(44)64-56(46)34-40/h1-34H. The van der Waals surface area contributed by atoms with E-state index in [9.17, 15) is 0 Å². The van der Waals surface area contributed by atoms with E-state index >= 15 is 0 Å². The molecule has 12 aromatic rings. The van der Waals surface area contributed by atoms with Crippen molar-refractivity contribution >= 4 is 108 Å². The van der Waals surface area contributed by atoms with Crippen molar-refractivity contribution in [2.45, 2.75) is 0 Å². The fourth-order valence-electron chi connectivity index (χ4n) is 9.96. The topological polar surface area (TPSA) is 24.9 Å². The number of para-hydroxylation sites is 2. The minimum Gasteiger partial charge on any atom is -0.456 e. The second-order valence-electron chi connectivity index (χ2n) is 16.4. The Kier molecular flexibility index (Phi) is 7.69. The zero-order valence-electron chi connectivity index (χ0n) is 34.2. The fourth-order valence-corrected chi connectivity index (χ4v) is 12.2. The molecule has 6 heteroatoms. The Morgan fingerprint density at radius 1 is 0.266 bits per heavy atom. The van der Waals surface area contributed by atoms with Gasteiger partial charge in [-0.2, -0.15) is 0 Å². The van der Waals surface area contributed by atoms with Crippen molar-refractivity contribution in [1.82, 2.24) is 0 Å². The van der Waals surface area contributed by atoms with Gasteiger partial charge in [-0.05, 0) is 120 Å². The Morgan fingerprint density at radius 2 is 0.641 bits per heavy atom. The summed E-state index contributed by atoms with van der Waals surface area (Å²) in [6.45, 7) is 0. The summed E-state index contributed by atoms with van der Waals surface area (Å²) in [6, 6.07) is 74.0. The maximum atomic E-state index is 6.90. The number of anilines is 6. The third-order valence-electron chi connectivity index (χ3n) is 12.8. The monoisotopic (exact) mass is 854 g/mol. The highest BCUT2D eigenvalue weighted by Crippen LogP contribution is 2.56. The molecular weight excluding hydrogens is 821 g/mol. The molecule has 0 bridgehead atoms. The summed E-state index contributed by atoms with van der Waals surface area (Å²) >= 11 is 3.68. The molecule has 0 saturated carbocycles. The van der Waals surface area contributed by atoms with Crippen LogP contribution in [0, 0.1) is 0 Å². The zero-order chi connectivity index (χ0) is 41.9. The number of hydrogen-bond acceptors (Lipinski definition) is 6. The molecule has 0 saturated heterocycles. The van der Waals surface area contributed by atoms with E-state index in [1.165, 1.54) is 40.3 Å². The van der Waals surface area contributed by atoms with Gasteiger partial charge in [0.25, 0.3) is 0 Å². The first-order valence-corrected chi connectivity index (χ1v) is 23.1. The maximum absolute atomic E-state index is 6.90. The summed E-state index contributed by atoms with van der Waals surface area (Å²) < 4.78 is 18.9. The molecule has 0 amide bonds. The summed E-state index contributed by atoms with van der Waals surface area (Å²) in [7, 11) is 0. The van der Waals surface area contributed by atoms with Gasteiger partial charge in [0.1, 0.15) is 23.0 Å². The van der Waals surface area contributed by atoms with Gasteiger partial charge in [0.2, 0.25) is 0 Å². The van der Waals surface area contributed by atoms with Crippen LogP contribution < -0.4 is 19.3 Å². The Balaban J connectivity index is 0.854. The lowest BCUT2D eigenvalue weighted by Crippen LogP contribution is -2.11. The molecule has 0 radical (unpaired) electrons. The van der Waals surface area contributed by atoms with E-state index in [0.717, 1.165) is 90.1 Å². The molecule has 2 aliphatic heterocycles. The van der Waals surface area contributed by atoms with Gasteiger partial charge < -0.3 is 19.3 Å². The van der Waals surface area contributed by atoms with Crippen LogP contribution in [-0.2, 0) is 0 Å². The summed E-state index contributed by atoms with van der Waals surface area (Å²) in [6.07, 6.45) is 0. The van der Waals surface area contributed by atoms with E-state index in [-0.39, 0.29) is 0 Å². The number of fused-ring (bicyclic) bond motifs is 10. The Hall–Kier alpha value is -7.90. The summed E-state index contributed by atoms with van der Waals surface area (Å²) in [5.74, 6) is 3.31. The highest BCUT2D eigenvalue weighted by molar-refractivity contribution is 7.26. The molecule has 2 aliphatic rings. The smallest absolute Gasteiger partial charge is 0.137 e. The van der Waals surface area contributed by atoms with Gasteiger partial charge in [0.15, 0.2) is 0 Å². The van der Waals surface area contributed by atoms with E-state index in [4.69, 9.17) is 9.47 Å². The molecule has 14 rings (SSSR count). The minimum absolute atomic E-state index is 0.827. The first kappa shape index (κ1) is 35.7. The van der Waals surface area contributed by atoms with Crippen LogP contribution in [0.5, 0.6) is 23.0 Å². The average Bonchev–Trinajstić information content (AvgIpc) is 3.91. The SMILES string of the molecule is c1ccc(N(c2ccc3c(c2)Oc2ccc4c5c(ccc-3c25)Oc2cc(N(c3ccccc3)c3ccc5c(c3)sc3ccccc35)ccc2-4)c2ccc3c(c2)sc2ccccc23)cc1. The van der Waals surface area contributed by atoms with Crippen molar-refractivity contribution in [2.75, 3.05) is 9.80 Å². The molecule has 64 heavy (non-hydrogen) atoms. The second kappa shape index (κ2) is 13.8. The van der Waals surface area contributed by atoms with Crippen molar-refractivity contribution < 1.29 is 9.47 Å². The molecule has 4 heterocycles. The molecule has 0 atom stereocenters. The van der Waals surface area contributed by atoms with E-state index in [0.29, 0.717) is 0 Å². The molecule has 300 valence electrons. The molecule has 0 unspecified atom stereocenters. The van der Waals surface area contributed by atoms with Crippen LogP contribution in [0.2, 0.25) is 0 Å². The molecule has 4 nitrogen and oxygen atoms in total. The first-order chi connectivity index (χ1) is 31.7. The quantitative estimate of drug-likeness (QED) is 0.166. The summed E-state index contributed by atoms with van der Waals surface area (Å²) in [5.41, 5.74) is 10.8. The molecule has 0 spiro atoms. The molecule has 10 aromatic carbocycles. The lowest BCUT2D eigenvalue weighted by Gasteiger charge is -2.30. The number of thiophene rings is 2. The number of nitrogens with zero attached hydrogens (tertiary/aromatic N) is 2. The van der Waals surface area contributed by atoms with Gasteiger partial charge >= 0.3 is 0 Å². The number of hydrogen-bond donors (Lipinski definition) is 0. The lowest BCUT2D eigenvalue weighted by atomic mass is 9.88. The molecule has 0 N–H and O–H groups in total.